The van der Waals surface area contributed by atoms with Gasteiger partial charge in [0, 0.05) is 0 Å². The van der Waals surface area contributed by atoms with Crippen LogP contribution in [0.3, 0.4) is 0 Å². The fraction of sp³-hybridized carbons (Fsp3) is 0.923. The van der Waals surface area contributed by atoms with E-state index in [1.54, 1.807) is 0 Å². The Morgan fingerprint density at radius 1 is 0.500 bits per heavy atom. The topological polar surface area (TPSA) is 0 Å². The molecule has 0 heteroatoms. The molecule has 0 spiro atoms. The second-order valence-corrected chi connectivity index (χ2v) is 8.49. The summed E-state index contributed by atoms with van der Waals surface area (Å²) in [6, 6.07) is 0. The molecule has 0 aliphatic heterocycles. The maximum Gasteiger partial charge on any atom is -0.0236 e. The Morgan fingerprint density at radius 3 is 1.15 bits per heavy atom. The first kappa shape index (κ1) is 25.7. The minimum Gasteiger partial charge on any atom is -0.0914 e. The average molecular weight is 365 g/mol. The van der Waals surface area contributed by atoms with Crippen LogP contribution in [0.15, 0.2) is 12.2 Å². The molecule has 156 valence electrons. The van der Waals surface area contributed by atoms with Crippen LogP contribution in [-0.2, 0) is 0 Å². The highest BCUT2D eigenvalue weighted by atomic mass is 14.1. The van der Waals surface area contributed by atoms with Crippen molar-refractivity contribution < 1.29 is 0 Å². The highest BCUT2D eigenvalue weighted by molar-refractivity contribution is 4.84. The zero-order valence-electron chi connectivity index (χ0n) is 18.9. The van der Waals surface area contributed by atoms with Gasteiger partial charge in [-0.15, -0.1) is 0 Å². The van der Waals surface area contributed by atoms with Crippen LogP contribution in [-0.4, -0.2) is 0 Å². The normalized spacial score (nSPS) is 12.9. The summed E-state index contributed by atoms with van der Waals surface area (Å²) in [6.45, 7) is 6.77. The molecule has 0 aromatic heterocycles. The number of rotatable bonds is 21. The van der Waals surface area contributed by atoms with E-state index in [1.165, 1.54) is 128 Å². The molecule has 26 heavy (non-hydrogen) atoms. The van der Waals surface area contributed by atoms with Crippen molar-refractivity contribution in [1.29, 1.82) is 0 Å². The molecule has 0 aromatic rings. The molecule has 0 N–H and O–H groups in total. The molecule has 0 heterocycles. The van der Waals surface area contributed by atoms with Gasteiger partial charge in [0.2, 0.25) is 0 Å². The molecule has 0 amide bonds. The molecule has 0 aliphatic rings. The molecule has 0 aromatic carbocycles. The molecule has 0 fully saturated rings. The summed E-state index contributed by atoms with van der Waals surface area (Å²) < 4.78 is 0. The predicted molar refractivity (Wildman–Crippen MR) is 122 cm³/mol. The van der Waals surface area contributed by atoms with Gasteiger partial charge in [-0.05, 0) is 25.7 Å². The zero-order valence-corrected chi connectivity index (χ0v) is 18.9. The van der Waals surface area contributed by atoms with E-state index in [1.807, 2.05) is 0 Å². The Balaban J connectivity index is 3.09. The number of hydrogen-bond acceptors (Lipinski definition) is 0. The third-order valence-corrected chi connectivity index (χ3v) is 5.92. The minimum absolute atomic E-state index is 0.834. The SMILES string of the molecule is C/C=C/C(CC)CCCCCCCCCCCCCCCCCCCC. The summed E-state index contributed by atoms with van der Waals surface area (Å²) in [5, 5.41) is 0. The number of hydrogen-bond donors (Lipinski definition) is 0. The fourth-order valence-corrected chi connectivity index (χ4v) is 4.02. The Morgan fingerprint density at radius 2 is 0.846 bits per heavy atom. The van der Waals surface area contributed by atoms with Gasteiger partial charge in [0.05, 0.1) is 0 Å². The Kier molecular flexibility index (Phi) is 22.6. The molecule has 0 saturated carbocycles. The van der Waals surface area contributed by atoms with Crippen LogP contribution in [0.1, 0.15) is 149 Å². The molecule has 0 rings (SSSR count). The first-order valence-corrected chi connectivity index (χ1v) is 12.5. The van der Waals surface area contributed by atoms with Gasteiger partial charge in [-0.2, -0.15) is 0 Å². The fourth-order valence-electron chi connectivity index (χ4n) is 4.02. The van der Waals surface area contributed by atoms with Crippen molar-refractivity contribution in [1.82, 2.24) is 0 Å². The predicted octanol–water partition coefficient (Wildman–Crippen LogP) is 10.0. The summed E-state index contributed by atoms with van der Waals surface area (Å²) in [5.41, 5.74) is 0. The molecule has 0 aliphatic carbocycles. The zero-order chi connectivity index (χ0) is 19.1. The van der Waals surface area contributed by atoms with Crippen LogP contribution < -0.4 is 0 Å². The molecule has 0 saturated heterocycles. The molecule has 0 radical (unpaired) electrons. The van der Waals surface area contributed by atoms with E-state index in [-0.39, 0.29) is 0 Å². The monoisotopic (exact) mass is 364 g/mol. The summed E-state index contributed by atoms with van der Waals surface area (Å²) in [5.74, 6) is 0.834. The van der Waals surface area contributed by atoms with Crippen LogP contribution >= 0.6 is 0 Å². The van der Waals surface area contributed by atoms with Gasteiger partial charge < -0.3 is 0 Å². The highest BCUT2D eigenvalue weighted by Gasteiger charge is 2.01. The van der Waals surface area contributed by atoms with Crippen LogP contribution in [0, 0.1) is 5.92 Å². The van der Waals surface area contributed by atoms with Crippen LogP contribution in [0.5, 0.6) is 0 Å². The molecule has 1 atom stereocenters. The lowest BCUT2D eigenvalue weighted by Crippen LogP contribution is -1.94. The first-order chi connectivity index (χ1) is 12.8. The van der Waals surface area contributed by atoms with Gasteiger partial charge in [-0.1, -0.05) is 142 Å². The third kappa shape index (κ3) is 20.1. The van der Waals surface area contributed by atoms with Gasteiger partial charge in [0.15, 0.2) is 0 Å². The summed E-state index contributed by atoms with van der Waals surface area (Å²) in [4.78, 5) is 0. The Labute approximate surface area is 167 Å². The van der Waals surface area contributed by atoms with E-state index in [0.717, 1.165) is 5.92 Å². The Bertz CT molecular complexity index is 265. The quantitative estimate of drug-likeness (QED) is 0.140. The van der Waals surface area contributed by atoms with Crippen molar-refractivity contribution in [2.24, 2.45) is 5.92 Å². The smallest absolute Gasteiger partial charge is 0.0236 e. The minimum atomic E-state index is 0.834. The third-order valence-electron chi connectivity index (χ3n) is 5.92. The lowest BCUT2D eigenvalue weighted by molar-refractivity contribution is 0.498. The molecule has 0 nitrogen and oxygen atoms in total. The molecule has 1 unspecified atom stereocenters. The van der Waals surface area contributed by atoms with E-state index < -0.39 is 0 Å². The van der Waals surface area contributed by atoms with E-state index in [2.05, 4.69) is 32.9 Å². The van der Waals surface area contributed by atoms with Gasteiger partial charge >= 0.3 is 0 Å². The first-order valence-electron chi connectivity index (χ1n) is 12.5. The van der Waals surface area contributed by atoms with Crippen LogP contribution in [0.2, 0.25) is 0 Å². The second kappa shape index (κ2) is 22.8. The van der Waals surface area contributed by atoms with E-state index >= 15 is 0 Å². The van der Waals surface area contributed by atoms with Gasteiger partial charge in [-0.25, -0.2) is 0 Å². The van der Waals surface area contributed by atoms with Gasteiger partial charge in [0.25, 0.3) is 0 Å². The number of allylic oxidation sites excluding steroid dienone is 2. The van der Waals surface area contributed by atoms with Gasteiger partial charge in [-0.3, -0.25) is 0 Å². The lowest BCUT2D eigenvalue weighted by Gasteiger charge is -2.09. The largest absolute Gasteiger partial charge is 0.0914 e. The standard InChI is InChI=1S/C26H52/c1-4-7-8-9-10-11-12-13-14-15-16-17-18-19-20-21-22-23-25-26(6-3)24-5-2/h5,24,26H,4,6-23,25H2,1-3H3/b24-5+. The maximum atomic E-state index is 2.40. The summed E-state index contributed by atoms with van der Waals surface area (Å²) in [7, 11) is 0. The maximum absolute atomic E-state index is 2.40. The molecular formula is C26H52. The lowest BCUT2D eigenvalue weighted by atomic mass is 9.97. The van der Waals surface area contributed by atoms with Crippen molar-refractivity contribution in [3.63, 3.8) is 0 Å². The summed E-state index contributed by atoms with van der Waals surface area (Å²) >= 11 is 0. The molecule has 0 bridgehead atoms. The highest BCUT2D eigenvalue weighted by Crippen LogP contribution is 2.17. The van der Waals surface area contributed by atoms with E-state index in [0.29, 0.717) is 0 Å². The van der Waals surface area contributed by atoms with Crippen molar-refractivity contribution in [3.05, 3.63) is 12.2 Å². The molecular weight excluding hydrogens is 312 g/mol. The second-order valence-electron chi connectivity index (χ2n) is 8.49. The van der Waals surface area contributed by atoms with Crippen molar-refractivity contribution >= 4 is 0 Å². The van der Waals surface area contributed by atoms with Crippen LogP contribution in [0.4, 0.5) is 0 Å². The van der Waals surface area contributed by atoms with E-state index in [9.17, 15) is 0 Å². The Hall–Kier alpha value is -0.260. The van der Waals surface area contributed by atoms with E-state index in [4.69, 9.17) is 0 Å². The van der Waals surface area contributed by atoms with Gasteiger partial charge in [0.1, 0.15) is 0 Å². The number of unbranched alkanes of at least 4 members (excludes halogenated alkanes) is 17. The van der Waals surface area contributed by atoms with Crippen molar-refractivity contribution in [3.8, 4) is 0 Å². The average Bonchev–Trinajstić information content (AvgIpc) is 2.66. The van der Waals surface area contributed by atoms with Crippen molar-refractivity contribution in [2.45, 2.75) is 149 Å². The summed E-state index contributed by atoms with van der Waals surface area (Å²) in [6.07, 6.45) is 33.7. The van der Waals surface area contributed by atoms with Crippen molar-refractivity contribution in [2.75, 3.05) is 0 Å². The van der Waals surface area contributed by atoms with Crippen LogP contribution in [0.25, 0.3) is 0 Å².